The van der Waals surface area contributed by atoms with Crippen LogP contribution in [0.2, 0.25) is 0 Å². The van der Waals surface area contributed by atoms with Crippen LogP contribution in [0, 0.1) is 68.0 Å². The summed E-state index contributed by atoms with van der Waals surface area (Å²) in [6.45, 7) is 16.1. The van der Waals surface area contributed by atoms with Crippen molar-refractivity contribution in [2.24, 2.45) is 56.7 Å². The van der Waals surface area contributed by atoms with E-state index in [1.54, 1.807) is 5.01 Å². The van der Waals surface area contributed by atoms with E-state index >= 15 is 0 Å². The second kappa shape index (κ2) is 9.77. The number of methoxy groups -OCH3 is 1. The van der Waals surface area contributed by atoms with Gasteiger partial charge in [-0.2, -0.15) is 5.26 Å². The molecule has 8 heteroatoms. The van der Waals surface area contributed by atoms with Gasteiger partial charge in [-0.1, -0.05) is 60.1 Å². The quantitative estimate of drug-likeness (QED) is 0.368. The zero-order chi connectivity index (χ0) is 32.2. The van der Waals surface area contributed by atoms with E-state index in [-0.39, 0.29) is 69.4 Å². The van der Waals surface area contributed by atoms with Crippen molar-refractivity contribution in [1.29, 1.82) is 5.26 Å². The van der Waals surface area contributed by atoms with Crippen molar-refractivity contribution < 1.29 is 23.9 Å². The van der Waals surface area contributed by atoms with Gasteiger partial charge < -0.3 is 4.74 Å². The Morgan fingerprint density at radius 3 is 2.41 bits per heavy atom. The normalized spacial score (nSPS) is 44.4. The van der Waals surface area contributed by atoms with Gasteiger partial charge in [0.1, 0.15) is 6.07 Å². The number of rotatable bonds is 2. The SMILES string of the molecule is COC(=O)N1CCC(=O)N1C[C@]12CC[C@@H](C)[C@H](C)[C@H]1[C@H]1C(=O)C=C3[C@@]4(C)C=C(C#N)C(=O)C(C)(C)[C@@H]4CC[C@@]3(C)[C@]1(C)CC2. The molecule has 9 atom stereocenters. The largest absolute Gasteiger partial charge is 0.452 e. The van der Waals surface area contributed by atoms with Crippen molar-refractivity contribution in [3.8, 4) is 6.07 Å². The fourth-order valence-electron chi connectivity index (χ4n) is 11.6. The van der Waals surface area contributed by atoms with E-state index in [1.807, 2.05) is 26.0 Å². The monoisotopic (exact) mass is 603 g/mol. The number of amides is 2. The third-order valence-electron chi connectivity index (χ3n) is 14.4. The third-order valence-corrected chi connectivity index (χ3v) is 14.4. The highest BCUT2D eigenvalue weighted by Crippen LogP contribution is 2.74. The van der Waals surface area contributed by atoms with E-state index in [4.69, 9.17) is 4.74 Å². The fraction of sp³-hybridized carbons (Fsp3) is 0.750. The van der Waals surface area contributed by atoms with Crippen LogP contribution in [0.15, 0.2) is 23.3 Å². The van der Waals surface area contributed by atoms with Crippen molar-refractivity contribution in [3.63, 3.8) is 0 Å². The molecule has 1 aliphatic heterocycles. The number of carbonyl (C=O) groups excluding carboxylic acids is 4. The zero-order valence-electron chi connectivity index (χ0n) is 27.8. The van der Waals surface area contributed by atoms with Gasteiger partial charge in [0.05, 0.1) is 19.2 Å². The van der Waals surface area contributed by atoms with Gasteiger partial charge in [-0.25, -0.2) is 14.8 Å². The molecule has 4 fully saturated rings. The maximum Gasteiger partial charge on any atom is 0.428 e. The van der Waals surface area contributed by atoms with E-state index in [1.165, 1.54) is 12.1 Å². The minimum Gasteiger partial charge on any atom is -0.452 e. The highest BCUT2D eigenvalue weighted by molar-refractivity contribution is 6.04. The molecule has 0 radical (unpaired) electrons. The van der Waals surface area contributed by atoms with Crippen molar-refractivity contribution in [2.45, 2.75) is 93.4 Å². The number of nitriles is 1. The highest BCUT2D eigenvalue weighted by atomic mass is 16.5. The van der Waals surface area contributed by atoms with Gasteiger partial charge in [0.25, 0.3) is 0 Å². The lowest BCUT2D eigenvalue weighted by atomic mass is 9.34. The van der Waals surface area contributed by atoms with Crippen LogP contribution in [0.3, 0.4) is 0 Å². The van der Waals surface area contributed by atoms with Gasteiger partial charge in [-0.3, -0.25) is 14.4 Å². The highest BCUT2D eigenvalue weighted by Gasteiger charge is 2.70. The number of hydrogen-bond donors (Lipinski definition) is 0. The summed E-state index contributed by atoms with van der Waals surface area (Å²) in [4.78, 5) is 54.0. The predicted octanol–water partition coefficient (Wildman–Crippen LogP) is 6.28. The molecule has 8 nitrogen and oxygen atoms in total. The van der Waals surface area contributed by atoms with E-state index in [0.29, 0.717) is 19.0 Å². The van der Waals surface area contributed by atoms with E-state index in [9.17, 15) is 24.4 Å². The molecular formula is C36H49N3O5. The third kappa shape index (κ3) is 3.80. The lowest BCUT2D eigenvalue weighted by Crippen LogP contribution is -2.67. The van der Waals surface area contributed by atoms with Crippen LogP contribution in [0.4, 0.5) is 4.79 Å². The molecule has 0 aromatic carbocycles. The molecule has 0 N–H and O–H groups in total. The molecular weight excluding hydrogens is 554 g/mol. The summed E-state index contributed by atoms with van der Waals surface area (Å²) in [7, 11) is 1.35. The average molecular weight is 604 g/mol. The van der Waals surface area contributed by atoms with Crippen molar-refractivity contribution in [3.05, 3.63) is 23.3 Å². The summed E-state index contributed by atoms with van der Waals surface area (Å²) in [6.07, 6.45) is 8.99. The van der Waals surface area contributed by atoms with Crippen LogP contribution < -0.4 is 0 Å². The number of hydrogen-bond acceptors (Lipinski definition) is 6. The van der Waals surface area contributed by atoms with Crippen molar-refractivity contribution in [2.75, 3.05) is 20.2 Å². The van der Waals surface area contributed by atoms with E-state index in [2.05, 4.69) is 40.7 Å². The Hall–Kier alpha value is -2.95. The molecule has 44 heavy (non-hydrogen) atoms. The molecule has 0 aromatic heterocycles. The van der Waals surface area contributed by atoms with Gasteiger partial charge >= 0.3 is 6.09 Å². The smallest absolute Gasteiger partial charge is 0.428 e. The van der Waals surface area contributed by atoms with Gasteiger partial charge in [0.2, 0.25) is 5.91 Å². The molecule has 238 valence electrons. The standard InChI is InChI=1S/C36H49N3O5/c1-21-9-13-36(20-39-27(41)11-16-38(39)31(43)44-8)15-14-35(7)29(28(36)22(21)2)24(40)17-26-33(5)18-23(19-37)30(42)32(3,4)25(33)10-12-34(26,35)6/h17-18,21-22,25,28-29H,9-16,20H2,1-8H3/t21-,22+,25+,28+,29-,33+,34-,35-,36-/m1/s1. The first-order chi connectivity index (χ1) is 20.5. The van der Waals surface area contributed by atoms with Gasteiger partial charge in [-0.05, 0) is 84.5 Å². The maximum atomic E-state index is 14.8. The van der Waals surface area contributed by atoms with Crippen molar-refractivity contribution >= 4 is 23.6 Å². The van der Waals surface area contributed by atoms with Crippen LogP contribution in [0.1, 0.15) is 93.4 Å². The van der Waals surface area contributed by atoms with Crippen LogP contribution in [0.5, 0.6) is 0 Å². The minimum absolute atomic E-state index is 0.00802. The second-order valence-electron chi connectivity index (χ2n) is 16.3. The van der Waals surface area contributed by atoms with Crippen molar-refractivity contribution in [1.82, 2.24) is 10.0 Å². The van der Waals surface area contributed by atoms with Gasteiger partial charge in [0.15, 0.2) is 11.6 Å². The predicted molar refractivity (Wildman–Crippen MR) is 164 cm³/mol. The summed E-state index contributed by atoms with van der Waals surface area (Å²) >= 11 is 0. The molecule has 0 aromatic rings. The first-order valence-electron chi connectivity index (χ1n) is 16.6. The Morgan fingerprint density at radius 2 is 1.75 bits per heavy atom. The molecule has 6 aliphatic rings. The number of ether oxygens (including phenoxy) is 1. The Morgan fingerprint density at radius 1 is 1.05 bits per heavy atom. The zero-order valence-corrected chi connectivity index (χ0v) is 27.8. The van der Waals surface area contributed by atoms with Crippen LogP contribution in [0.25, 0.3) is 0 Å². The number of Topliss-reactive ketones (excluding diaryl/α,β-unsaturated/α-hetero) is 1. The number of fused-ring (bicyclic) bond motifs is 7. The van der Waals surface area contributed by atoms with Gasteiger partial charge in [-0.15, -0.1) is 0 Å². The lowest BCUT2D eigenvalue weighted by Gasteiger charge is -2.70. The molecule has 0 bridgehead atoms. The Bertz CT molecular complexity index is 1440. The molecule has 1 heterocycles. The first-order valence-corrected chi connectivity index (χ1v) is 16.6. The number of ketones is 2. The Balaban J connectivity index is 1.47. The summed E-state index contributed by atoms with van der Waals surface area (Å²) in [6, 6.07) is 2.19. The van der Waals surface area contributed by atoms with Crippen LogP contribution >= 0.6 is 0 Å². The topological polar surface area (TPSA) is 108 Å². The van der Waals surface area contributed by atoms with Crippen LogP contribution in [-0.2, 0) is 19.1 Å². The number of hydrazine groups is 1. The molecule has 3 saturated carbocycles. The molecule has 0 spiro atoms. The molecule has 6 rings (SSSR count). The summed E-state index contributed by atoms with van der Waals surface area (Å²) in [5.74, 6) is 0.543. The summed E-state index contributed by atoms with van der Waals surface area (Å²) in [5.41, 5.74) is -0.866. The lowest BCUT2D eigenvalue weighted by molar-refractivity contribution is -0.187. The summed E-state index contributed by atoms with van der Waals surface area (Å²) < 4.78 is 5.04. The minimum atomic E-state index is -0.694. The average Bonchev–Trinajstić information content (AvgIpc) is 3.33. The van der Waals surface area contributed by atoms with Gasteiger partial charge in [0, 0.05) is 29.7 Å². The number of carbonyl (C=O) groups is 4. The van der Waals surface area contributed by atoms with Crippen LogP contribution in [-0.4, -0.2) is 53.8 Å². The fourth-order valence-corrected chi connectivity index (χ4v) is 11.6. The van der Waals surface area contributed by atoms with E-state index < -0.39 is 16.9 Å². The first kappa shape index (κ1) is 31.0. The maximum absolute atomic E-state index is 14.8. The Labute approximate surface area is 262 Å². The molecule has 1 saturated heterocycles. The summed E-state index contributed by atoms with van der Waals surface area (Å²) in [5, 5.41) is 13.1. The van der Waals surface area contributed by atoms with E-state index in [0.717, 1.165) is 44.1 Å². The number of nitrogens with zero attached hydrogens (tertiary/aromatic N) is 3. The number of allylic oxidation sites excluding steroid dienone is 4. The molecule has 0 unspecified atom stereocenters. The molecule has 5 aliphatic carbocycles. The molecule has 2 amide bonds. The second-order valence-corrected chi connectivity index (χ2v) is 16.3. The Kier molecular flexibility index (Phi) is 6.90.